The maximum Gasteiger partial charge on any atom is 0.254 e. The fourth-order valence-electron chi connectivity index (χ4n) is 3.87. The normalized spacial score (nSPS) is 32.8. The molecule has 1 atom stereocenters. The molecule has 1 amide bonds. The van der Waals surface area contributed by atoms with E-state index in [4.69, 9.17) is 0 Å². The largest absolute Gasteiger partial charge is 0.330 e. The van der Waals surface area contributed by atoms with Crippen LogP contribution in [0.5, 0.6) is 0 Å². The minimum atomic E-state index is 0.232. The molecule has 3 nitrogen and oxygen atoms in total. The van der Waals surface area contributed by atoms with Gasteiger partial charge in [-0.15, -0.1) is 0 Å². The highest BCUT2D eigenvalue weighted by Gasteiger charge is 2.42. The maximum absolute atomic E-state index is 12.6. The molecule has 4 aliphatic rings. The van der Waals surface area contributed by atoms with Crippen LogP contribution in [0.25, 0.3) is 0 Å². The van der Waals surface area contributed by atoms with Gasteiger partial charge < -0.3 is 9.80 Å². The van der Waals surface area contributed by atoms with E-state index in [9.17, 15) is 4.79 Å². The summed E-state index contributed by atoms with van der Waals surface area (Å²) in [6.45, 7) is 4.30. The summed E-state index contributed by atoms with van der Waals surface area (Å²) >= 11 is 3.58. The number of fused-ring (bicyclic) bond motifs is 4. The van der Waals surface area contributed by atoms with Crippen LogP contribution < -0.4 is 0 Å². The van der Waals surface area contributed by atoms with E-state index in [2.05, 4.69) is 25.7 Å². The zero-order chi connectivity index (χ0) is 13.0. The average molecular weight is 321 g/mol. The minimum Gasteiger partial charge on any atom is -0.330 e. The van der Waals surface area contributed by atoms with Gasteiger partial charge in [0.25, 0.3) is 5.91 Å². The third-order valence-corrected chi connectivity index (χ3v) is 5.70. The molecule has 19 heavy (non-hydrogen) atoms. The second kappa shape index (κ2) is 4.32. The highest BCUT2D eigenvalue weighted by molar-refractivity contribution is 9.10. The van der Waals surface area contributed by atoms with Crippen LogP contribution >= 0.6 is 15.9 Å². The molecular weight excluding hydrogens is 304 g/mol. The molecule has 0 aromatic heterocycles. The molecule has 0 unspecified atom stereocenters. The summed E-state index contributed by atoms with van der Waals surface area (Å²) in [5, 5.41) is 0. The molecule has 1 aromatic rings. The van der Waals surface area contributed by atoms with E-state index in [0.29, 0.717) is 12.0 Å². The fourth-order valence-corrected chi connectivity index (χ4v) is 4.36. The SMILES string of the molecule is O=C1c2cccc(Br)c2CN1[C@H]1CN2CCC1CC2. The summed E-state index contributed by atoms with van der Waals surface area (Å²) < 4.78 is 1.07. The number of hydrogen-bond acceptors (Lipinski definition) is 2. The lowest BCUT2D eigenvalue weighted by atomic mass is 9.83. The number of amides is 1. The van der Waals surface area contributed by atoms with E-state index in [1.54, 1.807) is 0 Å². The van der Waals surface area contributed by atoms with Crippen LogP contribution in [0.1, 0.15) is 28.8 Å². The summed E-state index contributed by atoms with van der Waals surface area (Å²) in [6.07, 6.45) is 2.51. The number of carbonyl (C=O) groups excluding carboxylic acids is 1. The number of hydrogen-bond donors (Lipinski definition) is 0. The van der Waals surface area contributed by atoms with Crippen molar-refractivity contribution in [2.45, 2.75) is 25.4 Å². The van der Waals surface area contributed by atoms with Gasteiger partial charge in [0, 0.05) is 29.2 Å². The number of carbonyl (C=O) groups is 1. The van der Waals surface area contributed by atoms with Crippen LogP contribution in [0.3, 0.4) is 0 Å². The number of benzene rings is 1. The van der Waals surface area contributed by atoms with E-state index in [-0.39, 0.29) is 5.91 Å². The lowest BCUT2D eigenvalue weighted by molar-refractivity contribution is 0.00843. The molecule has 0 saturated carbocycles. The molecule has 0 aliphatic carbocycles. The van der Waals surface area contributed by atoms with Crippen LogP contribution in [-0.4, -0.2) is 41.4 Å². The molecule has 5 rings (SSSR count). The first kappa shape index (κ1) is 11.9. The lowest BCUT2D eigenvalue weighted by Gasteiger charge is -2.48. The predicted molar refractivity (Wildman–Crippen MR) is 77.0 cm³/mol. The van der Waals surface area contributed by atoms with Crippen molar-refractivity contribution in [1.82, 2.24) is 9.80 Å². The van der Waals surface area contributed by atoms with Gasteiger partial charge in [-0.2, -0.15) is 0 Å². The summed E-state index contributed by atoms with van der Waals surface area (Å²) in [4.78, 5) is 17.2. The summed E-state index contributed by atoms with van der Waals surface area (Å²) in [5.74, 6) is 0.942. The number of piperidine rings is 3. The van der Waals surface area contributed by atoms with Crippen LogP contribution in [0.2, 0.25) is 0 Å². The molecule has 4 heterocycles. The van der Waals surface area contributed by atoms with Crippen LogP contribution in [0.4, 0.5) is 0 Å². The summed E-state index contributed by atoms with van der Waals surface area (Å²) in [6, 6.07) is 6.38. The molecular formula is C15H17BrN2O. The maximum atomic E-state index is 12.6. The van der Waals surface area contributed by atoms with Gasteiger partial charge in [0.1, 0.15) is 0 Å². The first-order chi connectivity index (χ1) is 9.24. The standard InChI is InChI=1S/C15H17BrN2O/c16-13-3-1-2-11-12(13)8-18(15(11)19)14-9-17-6-4-10(14)5-7-17/h1-3,10,14H,4-9H2/t14-/m0/s1. The van der Waals surface area contributed by atoms with Gasteiger partial charge >= 0.3 is 0 Å². The highest BCUT2D eigenvalue weighted by atomic mass is 79.9. The van der Waals surface area contributed by atoms with Crippen molar-refractivity contribution >= 4 is 21.8 Å². The Kier molecular flexibility index (Phi) is 2.71. The van der Waals surface area contributed by atoms with Crippen molar-refractivity contribution in [3.05, 3.63) is 33.8 Å². The molecule has 0 spiro atoms. The molecule has 1 aromatic carbocycles. The first-order valence-corrected chi connectivity index (χ1v) is 7.84. The van der Waals surface area contributed by atoms with E-state index >= 15 is 0 Å². The van der Waals surface area contributed by atoms with Gasteiger partial charge in [0.2, 0.25) is 0 Å². The highest BCUT2D eigenvalue weighted by Crippen LogP contribution is 2.37. The molecule has 0 N–H and O–H groups in total. The topological polar surface area (TPSA) is 23.6 Å². The Morgan fingerprint density at radius 2 is 2.00 bits per heavy atom. The lowest BCUT2D eigenvalue weighted by Crippen LogP contribution is -2.57. The zero-order valence-corrected chi connectivity index (χ0v) is 12.4. The molecule has 3 saturated heterocycles. The van der Waals surface area contributed by atoms with Gasteiger partial charge in [-0.05, 0) is 49.5 Å². The third kappa shape index (κ3) is 1.77. The summed E-state index contributed by atoms with van der Waals surface area (Å²) in [5.41, 5.74) is 2.06. The first-order valence-electron chi connectivity index (χ1n) is 7.05. The molecule has 0 radical (unpaired) electrons. The van der Waals surface area contributed by atoms with Crippen molar-refractivity contribution in [2.24, 2.45) is 5.92 Å². The quantitative estimate of drug-likeness (QED) is 0.793. The van der Waals surface area contributed by atoms with Crippen molar-refractivity contribution in [2.75, 3.05) is 19.6 Å². The second-order valence-electron chi connectivity index (χ2n) is 5.90. The van der Waals surface area contributed by atoms with Crippen LogP contribution in [0, 0.1) is 5.92 Å². The Labute approximate surface area is 121 Å². The smallest absolute Gasteiger partial charge is 0.254 e. The van der Waals surface area contributed by atoms with Crippen molar-refractivity contribution in [1.29, 1.82) is 0 Å². The second-order valence-corrected chi connectivity index (χ2v) is 6.76. The summed E-state index contributed by atoms with van der Waals surface area (Å²) in [7, 11) is 0. The van der Waals surface area contributed by atoms with Gasteiger partial charge in [-0.25, -0.2) is 0 Å². The van der Waals surface area contributed by atoms with E-state index in [0.717, 1.165) is 23.1 Å². The monoisotopic (exact) mass is 320 g/mol. The Balaban J connectivity index is 1.65. The van der Waals surface area contributed by atoms with Crippen LogP contribution in [-0.2, 0) is 6.54 Å². The molecule has 4 heteroatoms. The fraction of sp³-hybridized carbons (Fsp3) is 0.533. The molecule has 3 fully saturated rings. The van der Waals surface area contributed by atoms with Gasteiger partial charge in [0.05, 0.1) is 0 Å². The number of nitrogens with zero attached hydrogens (tertiary/aromatic N) is 2. The third-order valence-electron chi connectivity index (χ3n) is 4.96. The molecule has 2 bridgehead atoms. The zero-order valence-electron chi connectivity index (χ0n) is 10.8. The number of rotatable bonds is 1. The Morgan fingerprint density at radius 3 is 2.63 bits per heavy atom. The van der Waals surface area contributed by atoms with Crippen molar-refractivity contribution in [3.63, 3.8) is 0 Å². The average Bonchev–Trinajstić information content (AvgIpc) is 2.79. The Bertz CT molecular complexity index is 537. The van der Waals surface area contributed by atoms with Crippen LogP contribution in [0.15, 0.2) is 22.7 Å². The van der Waals surface area contributed by atoms with E-state index in [1.807, 2.05) is 18.2 Å². The predicted octanol–water partition coefficient (Wildman–Crippen LogP) is 2.50. The van der Waals surface area contributed by atoms with Gasteiger partial charge in [0.15, 0.2) is 0 Å². The Hall–Kier alpha value is -0.870. The minimum absolute atomic E-state index is 0.232. The molecule has 4 aliphatic heterocycles. The van der Waals surface area contributed by atoms with Gasteiger partial charge in [-0.1, -0.05) is 22.0 Å². The molecule has 100 valence electrons. The van der Waals surface area contributed by atoms with Gasteiger partial charge in [-0.3, -0.25) is 4.79 Å². The van der Waals surface area contributed by atoms with Crippen molar-refractivity contribution in [3.8, 4) is 0 Å². The number of halogens is 1. The Morgan fingerprint density at radius 1 is 1.21 bits per heavy atom. The van der Waals surface area contributed by atoms with E-state index in [1.165, 1.54) is 31.5 Å². The van der Waals surface area contributed by atoms with E-state index < -0.39 is 0 Å². The van der Waals surface area contributed by atoms with Crippen molar-refractivity contribution < 1.29 is 4.79 Å².